The van der Waals surface area contributed by atoms with Crippen molar-refractivity contribution in [3.8, 4) is 5.75 Å². The van der Waals surface area contributed by atoms with Gasteiger partial charge in [0.15, 0.2) is 0 Å². The van der Waals surface area contributed by atoms with E-state index < -0.39 is 10.0 Å². The second kappa shape index (κ2) is 7.83. The van der Waals surface area contributed by atoms with Crippen LogP contribution in [0, 0.1) is 9.49 Å². The lowest BCUT2D eigenvalue weighted by molar-refractivity contribution is -0.122. The summed E-state index contributed by atoms with van der Waals surface area (Å²) >= 11 is 2.15. The minimum absolute atomic E-state index is 0.0158. The van der Waals surface area contributed by atoms with Crippen LogP contribution in [0.4, 0.5) is 11.4 Å². The van der Waals surface area contributed by atoms with Gasteiger partial charge in [0.25, 0.3) is 10.0 Å². The molecule has 138 valence electrons. The van der Waals surface area contributed by atoms with Gasteiger partial charge in [0.05, 0.1) is 7.11 Å². The molecule has 26 heavy (non-hydrogen) atoms. The summed E-state index contributed by atoms with van der Waals surface area (Å²) in [4.78, 5) is 12.1. The Hall–Kier alpha value is -1.81. The second-order valence-corrected chi connectivity index (χ2v) is 8.99. The van der Waals surface area contributed by atoms with Gasteiger partial charge < -0.3 is 10.1 Å². The van der Waals surface area contributed by atoms with E-state index in [0.717, 1.165) is 22.8 Å². The van der Waals surface area contributed by atoms with E-state index >= 15 is 0 Å². The quantitative estimate of drug-likeness (QED) is 0.608. The van der Waals surface area contributed by atoms with Crippen molar-refractivity contribution in [2.75, 3.05) is 17.1 Å². The van der Waals surface area contributed by atoms with Crippen LogP contribution in [0.5, 0.6) is 5.75 Å². The molecule has 0 radical (unpaired) electrons. The first-order valence-corrected chi connectivity index (χ1v) is 10.7. The highest BCUT2D eigenvalue weighted by molar-refractivity contribution is 14.1. The molecule has 1 aliphatic carbocycles. The Balaban J connectivity index is 1.86. The fraction of sp³-hybridized carbons (Fsp3) is 0.278. The monoisotopic (exact) mass is 486 g/mol. The molecule has 1 amide bonds. The van der Waals surface area contributed by atoms with Crippen LogP contribution in [0.25, 0.3) is 0 Å². The zero-order valence-corrected chi connectivity index (χ0v) is 17.1. The van der Waals surface area contributed by atoms with E-state index in [-0.39, 0.29) is 22.5 Å². The first kappa shape index (κ1) is 19.0. The molecule has 2 N–H and O–H groups in total. The van der Waals surface area contributed by atoms with Gasteiger partial charge in [-0.2, -0.15) is 0 Å². The predicted molar refractivity (Wildman–Crippen MR) is 109 cm³/mol. The lowest BCUT2D eigenvalue weighted by Crippen LogP contribution is -2.28. The third-order valence-corrected chi connectivity index (χ3v) is 6.41. The van der Waals surface area contributed by atoms with Gasteiger partial charge in [-0.1, -0.05) is 6.42 Å². The summed E-state index contributed by atoms with van der Waals surface area (Å²) in [5.41, 5.74) is 0.891. The van der Waals surface area contributed by atoms with Crippen LogP contribution in [0.1, 0.15) is 19.3 Å². The molecule has 6 nitrogen and oxygen atoms in total. The fourth-order valence-corrected chi connectivity index (χ4v) is 4.22. The van der Waals surface area contributed by atoms with E-state index in [1.54, 1.807) is 24.3 Å². The number of amides is 1. The average Bonchev–Trinajstić information content (AvgIpc) is 2.55. The normalized spacial score (nSPS) is 14.4. The molecule has 0 aromatic heterocycles. The number of rotatable bonds is 6. The number of halogens is 1. The fourth-order valence-electron chi connectivity index (χ4n) is 2.61. The van der Waals surface area contributed by atoms with E-state index in [9.17, 15) is 13.2 Å². The number of ether oxygens (including phenoxy) is 1. The average molecular weight is 486 g/mol. The van der Waals surface area contributed by atoms with E-state index in [0.29, 0.717) is 11.4 Å². The summed E-state index contributed by atoms with van der Waals surface area (Å²) in [7, 11) is -2.46. The van der Waals surface area contributed by atoms with Gasteiger partial charge in [0.2, 0.25) is 5.91 Å². The molecule has 1 fully saturated rings. The van der Waals surface area contributed by atoms with Crippen LogP contribution >= 0.6 is 22.6 Å². The Kier molecular flexibility index (Phi) is 5.71. The Bertz CT molecular complexity index is 909. The van der Waals surface area contributed by atoms with Crippen molar-refractivity contribution >= 4 is 49.9 Å². The number of benzene rings is 2. The molecule has 1 aliphatic rings. The largest absolute Gasteiger partial charge is 0.495 e. The number of carbonyl (C=O) groups is 1. The Morgan fingerprint density at radius 2 is 1.77 bits per heavy atom. The van der Waals surface area contributed by atoms with Crippen molar-refractivity contribution < 1.29 is 17.9 Å². The lowest BCUT2D eigenvalue weighted by atomic mass is 9.85. The van der Waals surface area contributed by atoms with Gasteiger partial charge in [0, 0.05) is 20.9 Å². The number of hydrogen-bond acceptors (Lipinski definition) is 4. The maximum absolute atomic E-state index is 12.8. The van der Waals surface area contributed by atoms with Crippen molar-refractivity contribution in [1.82, 2.24) is 0 Å². The predicted octanol–water partition coefficient (Wildman–Crippen LogP) is 3.84. The smallest absolute Gasteiger partial charge is 0.265 e. The maximum atomic E-state index is 12.8. The first-order chi connectivity index (χ1) is 12.4. The number of nitrogens with one attached hydrogen (secondary N) is 2. The highest BCUT2D eigenvalue weighted by atomic mass is 127. The first-order valence-electron chi connectivity index (χ1n) is 8.16. The lowest BCUT2D eigenvalue weighted by Gasteiger charge is -2.24. The van der Waals surface area contributed by atoms with Gasteiger partial charge in [-0.25, -0.2) is 8.42 Å². The van der Waals surface area contributed by atoms with Crippen LogP contribution in [-0.2, 0) is 14.8 Å². The molecule has 0 atom stereocenters. The number of hydrogen-bond donors (Lipinski definition) is 2. The van der Waals surface area contributed by atoms with Crippen LogP contribution in [0.15, 0.2) is 47.4 Å². The molecule has 3 rings (SSSR count). The van der Waals surface area contributed by atoms with E-state index in [1.165, 1.54) is 13.2 Å². The molecule has 0 aliphatic heterocycles. The Morgan fingerprint density at radius 1 is 1.12 bits per heavy atom. The minimum Gasteiger partial charge on any atom is -0.495 e. The number of carbonyl (C=O) groups excluding carboxylic acids is 1. The molecule has 2 aromatic rings. The summed E-state index contributed by atoms with van der Waals surface area (Å²) in [5, 5.41) is 2.79. The molecule has 0 heterocycles. The van der Waals surface area contributed by atoms with E-state index in [2.05, 4.69) is 32.6 Å². The molecule has 0 unspecified atom stereocenters. The number of anilines is 2. The molecular weight excluding hydrogens is 467 g/mol. The highest BCUT2D eigenvalue weighted by Gasteiger charge is 2.26. The van der Waals surface area contributed by atoms with Crippen molar-refractivity contribution in [3.63, 3.8) is 0 Å². The summed E-state index contributed by atoms with van der Waals surface area (Å²) in [6.07, 6.45) is 2.81. The second-order valence-electron chi connectivity index (χ2n) is 6.10. The molecule has 0 bridgehead atoms. The van der Waals surface area contributed by atoms with Crippen molar-refractivity contribution in [1.29, 1.82) is 0 Å². The van der Waals surface area contributed by atoms with Crippen LogP contribution < -0.4 is 14.8 Å². The summed E-state index contributed by atoms with van der Waals surface area (Å²) < 4.78 is 34.3. The van der Waals surface area contributed by atoms with E-state index in [4.69, 9.17) is 4.74 Å². The summed E-state index contributed by atoms with van der Waals surface area (Å²) in [5.74, 6) is 0.155. The van der Waals surface area contributed by atoms with Crippen LogP contribution in [0.2, 0.25) is 0 Å². The molecule has 2 aromatic carbocycles. The third-order valence-electron chi connectivity index (χ3n) is 4.29. The zero-order valence-electron chi connectivity index (χ0n) is 14.2. The standard InChI is InChI=1S/C18H19IN2O4S/c1-25-16-10-9-15(20-18(22)12-3-2-4-12)11-17(16)26(23,24)21-14-7-5-13(19)6-8-14/h5-12,21H,2-4H2,1H3,(H,20,22). The topological polar surface area (TPSA) is 84.5 Å². The van der Waals surface area contributed by atoms with Gasteiger partial charge in [-0.3, -0.25) is 9.52 Å². The molecular formula is C18H19IN2O4S. The minimum atomic E-state index is -3.87. The molecule has 0 spiro atoms. The Morgan fingerprint density at radius 3 is 2.35 bits per heavy atom. The van der Waals surface area contributed by atoms with Crippen molar-refractivity contribution in [3.05, 3.63) is 46.0 Å². The number of methoxy groups -OCH3 is 1. The van der Waals surface area contributed by atoms with Crippen molar-refractivity contribution in [2.24, 2.45) is 5.92 Å². The van der Waals surface area contributed by atoms with Gasteiger partial charge in [0.1, 0.15) is 10.6 Å². The Labute approximate surface area is 166 Å². The highest BCUT2D eigenvalue weighted by Crippen LogP contribution is 2.31. The SMILES string of the molecule is COc1ccc(NC(=O)C2CCC2)cc1S(=O)(=O)Nc1ccc(I)cc1. The zero-order chi connectivity index (χ0) is 18.7. The van der Waals surface area contributed by atoms with Crippen molar-refractivity contribution in [2.45, 2.75) is 24.2 Å². The summed E-state index contributed by atoms with van der Waals surface area (Å²) in [6.45, 7) is 0. The third kappa shape index (κ3) is 4.29. The molecule has 8 heteroatoms. The maximum Gasteiger partial charge on any atom is 0.265 e. The summed E-state index contributed by atoms with van der Waals surface area (Å²) in [6, 6.07) is 11.6. The van der Waals surface area contributed by atoms with Crippen LogP contribution in [-0.4, -0.2) is 21.4 Å². The number of sulfonamides is 1. The van der Waals surface area contributed by atoms with Gasteiger partial charge in [-0.15, -0.1) is 0 Å². The van der Waals surface area contributed by atoms with Crippen LogP contribution in [0.3, 0.4) is 0 Å². The van der Waals surface area contributed by atoms with E-state index in [1.807, 2.05) is 12.1 Å². The van der Waals surface area contributed by atoms with Gasteiger partial charge >= 0.3 is 0 Å². The molecule has 0 saturated heterocycles. The van der Waals surface area contributed by atoms with Gasteiger partial charge in [-0.05, 0) is 77.9 Å². The molecule has 1 saturated carbocycles.